The van der Waals surface area contributed by atoms with Gasteiger partial charge in [0.2, 0.25) is 0 Å². The molecule has 1 N–H and O–H groups in total. The predicted octanol–water partition coefficient (Wildman–Crippen LogP) is 4.99. The molecule has 0 aliphatic rings. The highest BCUT2D eigenvalue weighted by Gasteiger charge is 2.11. The van der Waals surface area contributed by atoms with Gasteiger partial charge in [-0.05, 0) is 55.3 Å². The van der Waals surface area contributed by atoms with Crippen molar-refractivity contribution < 1.29 is 4.74 Å². The summed E-state index contributed by atoms with van der Waals surface area (Å²) in [5, 5.41) is 3.54. The zero-order valence-electron chi connectivity index (χ0n) is 13.7. The molecule has 21 heavy (non-hydrogen) atoms. The van der Waals surface area contributed by atoms with E-state index in [1.165, 1.54) is 12.0 Å². The summed E-state index contributed by atoms with van der Waals surface area (Å²) in [6.45, 7) is 10.5. The van der Waals surface area contributed by atoms with Crippen molar-refractivity contribution in [2.24, 2.45) is 5.92 Å². The first-order valence-electron chi connectivity index (χ1n) is 8.17. The molecular formula is C18H30BrNO. The quantitative estimate of drug-likeness (QED) is 0.564. The van der Waals surface area contributed by atoms with Crippen LogP contribution in [0.4, 0.5) is 0 Å². The van der Waals surface area contributed by atoms with E-state index in [4.69, 9.17) is 4.74 Å². The van der Waals surface area contributed by atoms with E-state index < -0.39 is 0 Å². The van der Waals surface area contributed by atoms with E-state index in [0.29, 0.717) is 5.92 Å². The second kappa shape index (κ2) is 11.2. The molecule has 1 rings (SSSR count). The average molecular weight is 356 g/mol. The fourth-order valence-electron chi connectivity index (χ4n) is 2.22. The maximum Gasteiger partial charge on any atom is 0.0472 e. The lowest BCUT2D eigenvalue weighted by molar-refractivity contribution is 0.116. The van der Waals surface area contributed by atoms with Gasteiger partial charge in [-0.3, -0.25) is 0 Å². The van der Waals surface area contributed by atoms with Crippen LogP contribution in [-0.2, 0) is 4.74 Å². The van der Waals surface area contributed by atoms with Crippen LogP contribution in [0.15, 0.2) is 28.7 Å². The summed E-state index contributed by atoms with van der Waals surface area (Å²) in [5.41, 5.74) is 1.40. The molecule has 3 heteroatoms. The number of hydrogen-bond acceptors (Lipinski definition) is 2. The molecule has 2 nitrogen and oxygen atoms in total. The summed E-state index contributed by atoms with van der Waals surface area (Å²) in [6, 6.07) is 8.69. The number of halogens is 1. The van der Waals surface area contributed by atoms with E-state index >= 15 is 0 Å². The van der Waals surface area contributed by atoms with Gasteiger partial charge in [-0.25, -0.2) is 0 Å². The SMILES string of the molecule is CCCNCC(CCOCCC(C)C)c1ccc(Br)cc1. The van der Waals surface area contributed by atoms with Gasteiger partial charge in [0.1, 0.15) is 0 Å². The summed E-state index contributed by atoms with van der Waals surface area (Å²) < 4.78 is 6.93. The van der Waals surface area contributed by atoms with E-state index in [1.807, 2.05) is 0 Å². The lowest BCUT2D eigenvalue weighted by Gasteiger charge is -2.18. The zero-order chi connectivity index (χ0) is 15.5. The van der Waals surface area contributed by atoms with Crippen LogP contribution in [0.25, 0.3) is 0 Å². The Morgan fingerprint density at radius 1 is 1.10 bits per heavy atom. The molecule has 0 fully saturated rings. The minimum absolute atomic E-state index is 0.531. The summed E-state index contributed by atoms with van der Waals surface area (Å²) in [4.78, 5) is 0. The van der Waals surface area contributed by atoms with Crippen LogP contribution < -0.4 is 5.32 Å². The van der Waals surface area contributed by atoms with E-state index in [1.54, 1.807) is 0 Å². The first-order valence-corrected chi connectivity index (χ1v) is 8.96. The molecule has 0 radical (unpaired) electrons. The van der Waals surface area contributed by atoms with Gasteiger partial charge in [-0.2, -0.15) is 0 Å². The molecule has 0 aliphatic carbocycles. The van der Waals surface area contributed by atoms with Crippen molar-refractivity contribution in [2.75, 3.05) is 26.3 Å². The maximum atomic E-state index is 5.79. The van der Waals surface area contributed by atoms with Crippen molar-refractivity contribution in [1.29, 1.82) is 0 Å². The second-order valence-electron chi connectivity index (χ2n) is 6.04. The van der Waals surface area contributed by atoms with Gasteiger partial charge in [0.25, 0.3) is 0 Å². The van der Waals surface area contributed by atoms with Crippen molar-refractivity contribution in [3.8, 4) is 0 Å². The van der Waals surface area contributed by atoms with E-state index in [0.717, 1.165) is 49.5 Å². The molecule has 0 heterocycles. The first kappa shape index (κ1) is 18.7. The lowest BCUT2D eigenvalue weighted by Crippen LogP contribution is -2.23. The number of nitrogens with one attached hydrogen (secondary N) is 1. The highest BCUT2D eigenvalue weighted by atomic mass is 79.9. The molecule has 0 aliphatic heterocycles. The van der Waals surface area contributed by atoms with Crippen molar-refractivity contribution in [1.82, 2.24) is 5.32 Å². The Balaban J connectivity index is 2.42. The summed E-state index contributed by atoms with van der Waals surface area (Å²) in [6.07, 6.45) is 3.41. The summed E-state index contributed by atoms with van der Waals surface area (Å²) >= 11 is 3.50. The third-order valence-electron chi connectivity index (χ3n) is 3.61. The molecule has 0 spiro atoms. The van der Waals surface area contributed by atoms with Crippen LogP contribution in [0.3, 0.4) is 0 Å². The van der Waals surface area contributed by atoms with E-state index in [9.17, 15) is 0 Å². The number of ether oxygens (including phenoxy) is 1. The Labute approximate surface area is 138 Å². The average Bonchev–Trinajstić information content (AvgIpc) is 2.46. The van der Waals surface area contributed by atoms with Crippen molar-refractivity contribution in [3.05, 3.63) is 34.3 Å². The topological polar surface area (TPSA) is 21.3 Å². The van der Waals surface area contributed by atoms with Gasteiger partial charge < -0.3 is 10.1 Å². The standard InChI is InChI=1S/C18H30BrNO/c1-4-11-20-14-17(10-13-21-12-9-15(2)3)16-5-7-18(19)8-6-16/h5-8,15,17,20H,4,9-14H2,1-3H3. The number of hydrogen-bond donors (Lipinski definition) is 1. The lowest BCUT2D eigenvalue weighted by atomic mass is 9.96. The molecular weight excluding hydrogens is 326 g/mol. The first-order chi connectivity index (χ1) is 10.1. The van der Waals surface area contributed by atoms with Crippen molar-refractivity contribution >= 4 is 15.9 Å². The molecule has 1 atom stereocenters. The van der Waals surface area contributed by atoms with Crippen LogP contribution >= 0.6 is 15.9 Å². The minimum Gasteiger partial charge on any atom is -0.381 e. The molecule has 1 aromatic rings. The summed E-state index contributed by atoms with van der Waals surface area (Å²) in [5.74, 6) is 1.25. The molecule has 0 saturated carbocycles. The second-order valence-corrected chi connectivity index (χ2v) is 6.95. The molecule has 0 amide bonds. The predicted molar refractivity (Wildman–Crippen MR) is 94.9 cm³/mol. The normalized spacial score (nSPS) is 12.8. The van der Waals surface area contributed by atoms with Gasteiger partial charge >= 0.3 is 0 Å². The van der Waals surface area contributed by atoms with Crippen LogP contribution in [0.5, 0.6) is 0 Å². The van der Waals surface area contributed by atoms with Gasteiger partial charge in [0.05, 0.1) is 0 Å². The van der Waals surface area contributed by atoms with Gasteiger partial charge in [0, 0.05) is 24.2 Å². The fraction of sp³-hybridized carbons (Fsp3) is 0.667. The Morgan fingerprint density at radius 3 is 2.38 bits per heavy atom. The van der Waals surface area contributed by atoms with Gasteiger partial charge in [0.15, 0.2) is 0 Å². The molecule has 1 aromatic carbocycles. The minimum atomic E-state index is 0.531. The third kappa shape index (κ3) is 8.60. The Hall–Kier alpha value is -0.380. The highest BCUT2D eigenvalue weighted by molar-refractivity contribution is 9.10. The monoisotopic (exact) mass is 355 g/mol. The van der Waals surface area contributed by atoms with Gasteiger partial charge in [-0.1, -0.05) is 48.8 Å². The number of benzene rings is 1. The third-order valence-corrected chi connectivity index (χ3v) is 4.14. The van der Waals surface area contributed by atoms with E-state index in [2.05, 4.69) is 66.3 Å². The largest absolute Gasteiger partial charge is 0.381 e. The molecule has 0 bridgehead atoms. The smallest absolute Gasteiger partial charge is 0.0472 e. The van der Waals surface area contributed by atoms with Crippen LogP contribution in [0.1, 0.15) is 51.5 Å². The molecule has 120 valence electrons. The molecule has 0 saturated heterocycles. The van der Waals surface area contributed by atoms with Gasteiger partial charge in [-0.15, -0.1) is 0 Å². The Morgan fingerprint density at radius 2 is 1.76 bits per heavy atom. The van der Waals surface area contributed by atoms with Crippen LogP contribution in [0, 0.1) is 5.92 Å². The Bertz CT molecular complexity index is 364. The van der Waals surface area contributed by atoms with Crippen molar-refractivity contribution in [2.45, 2.75) is 46.0 Å². The molecule has 0 aromatic heterocycles. The van der Waals surface area contributed by atoms with Crippen molar-refractivity contribution in [3.63, 3.8) is 0 Å². The highest BCUT2D eigenvalue weighted by Crippen LogP contribution is 2.21. The number of rotatable bonds is 11. The Kier molecular flexibility index (Phi) is 9.98. The molecule has 1 unspecified atom stereocenters. The van der Waals surface area contributed by atoms with E-state index in [-0.39, 0.29) is 0 Å². The zero-order valence-corrected chi connectivity index (χ0v) is 15.3. The summed E-state index contributed by atoms with van der Waals surface area (Å²) in [7, 11) is 0. The van der Waals surface area contributed by atoms with Crippen LogP contribution in [0.2, 0.25) is 0 Å². The fourth-order valence-corrected chi connectivity index (χ4v) is 2.49. The maximum absolute atomic E-state index is 5.79. The van der Waals surface area contributed by atoms with Crippen LogP contribution in [-0.4, -0.2) is 26.3 Å².